The van der Waals surface area contributed by atoms with Gasteiger partial charge in [-0.05, 0) is 52.6 Å². The molecule has 1 atom stereocenters. The molecule has 0 radical (unpaired) electrons. The van der Waals surface area contributed by atoms with Crippen LogP contribution in [0, 0.1) is 11.6 Å². The molecule has 7 nitrogen and oxygen atoms in total. The van der Waals surface area contributed by atoms with Crippen molar-refractivity contribution in [2.24, 2.45) is 0 Å². The zero-order chi connectivity index (χ0) is 29.1. The van der Waals surface area contributed by atoms with E-state index in [9.17, 15) is 26.8 Å². The fraction of sp³-hybridized carbons (Fsp3) is 0.161. The Labute approximate surface area is 236 Å². The van der Waals surface area contributed by atoms with Crippen LogP contribution in [0.4, 0.5) is 14.5 Å². The van der Waals surface area contributed by atoms with E-state index in [2.05, 4.69) is 10.1 Å². The van der Waals surface area contributed by atoms with Crippen molar-refractivity contribution in [3.63, 3.8) is 0 Å². The number of benzene rings is 4. The number of ether oxygens (including phenoxy) is 1. The summed E-state index contributed by atoms with van der Waals surface area (Å²) in [5, 5.41) is 2.83. The largest absolute Gasteiger partial charge is 0.469 e. The molecule has 0 unspecified atom stereocenters. The molecule has 4 aromatic carbocycles. The van der Waals surface area contributed by atoms with Crippen LogP contribution in [0.3, 0.4) is 0 Å². The number of methoxy groups -OCH3 is 1. The summed E-state index contributed by atoms with van der Waals surface area (Å²) in [5.41, 5.74) is 3.19. The number of amides is 1. The molecule has 1 heterocycles. The second-order valence-corrected chi connectivity index (χ2v) is 11.4. The lowest BCUT2D eigenvalue weighted by atomic mass is 10.1. The number of esters is 1. The first-order chi connectivity index (χ1) is 19.7. The number of halogens is 2. The maximum Gasteiger partial charge on any atom is 0.309 e. The van der Waals surface area contributed by atoms with Crippen LogP contribution < -0.4 is 9.62 Å². The minimum Gasteiger partial charge on any atom is -0.469 e. The van der Waals surface area contributed by atoms with Gasteiger partial charge in [0.15, 0.2) is 0 Å². The molecule has 5 rings (SSSR count). The molecular formula is C31H26F2N2O5S. The van der Waals surface area contributed by atoms with E-state index in [1.54, 1.807) is 48.5 Å². The highest BCUT2D eigenvalue weighted by atomic mass is 32.2. The molecule has 0 aliphatic carbocycles. The van der Waals surface area contributed by atoms with Gasteiger partial charge in [-0.2, -0.15) is 0 Å². The molecule has 1 aliphatic heterocycles. The lowest BCUT2D eigenvalue weighted by Crippen LogP contribution is -2.47. The van der Waals surface area contributed by atoms with Gasteiger partial charge in [0.25, 0.3) is 10.0 Å². The molecule has 10 heteroatoms. The van der Waals surface area contributed by atoms with Gasteiger partial charge >= 0.3 is 5.97 Å². The number of hydrogen-bond acceptors (Lipinski definition) is 5. The second-order valence-electron chi connectivity index (χ2n) is 9.59. The number of anilines is 1. The Bertz CT molecular complexity index is 1710. The third-order valence-corrected chi connectivity index (χ3v) is 8.78. The average molecular weight is 577 g/mol. The SMILES string of the molecule is COC(=O)Cc1ccc(CNC(=O)[C@@H]2Cc3ccccc3N2S(=O)(=O)c2ccc(-c3ccc(F)cc3F)cc2)cc1. The molecule has 0 spiro atoms. The Morgan fingerprint density at radius 3 is 2.29 bits per heavy atom. The van der Waals surface area contributed by atoms with E-state index in [4.69, 9.17) is 0 Å². The zero-order valence-electron chi connectivity index (χ0n) is 22.0. The van der Waals surface area contributed by atoms with E-state index in [-0.39, 0.29) is 35.8 Å². The first kappa shape index (κ1) is 28.0. The number of fused-ring (bicyclic) bond motifs is 1. The maximum atomic E-state index is 14.3. The maximum absolute atomic E-state index is 14.3. The van der Waals surface area contributed by atoms with Gasteiger partial charge in [0.2, 0.25) is 5.91 Å². The lowest BCUT2D eigenvalue weighted by molar-refractivity contribution is -0.139. The van der Waals surface area contributed by atoms with Crippen LogP contribution in [0.1, 0.15) is 16.7 Å². The average Bonchev–Trinajstić information content (AvgIpc) is 3.37. The van der Waals surface area contributed by atoms with Gasteiger partial charge in [-0.3, -0.25) is 13.9 Å². The number of carbonyl (C=O) groups excluding carboxylic acids is 2. The van der Waals surface area contributed by atoms with Crippen molar-refractivity contribution in [2.45, 2.75) is 30.3 Å². The number of para-hydroxylation sites is 1. The van der Waals surface area contributed by atoms with Crippen molar-refractivity contribution in [1.82, 2.24) is 5.32 Å². The van der Waals surface area contributed by atoms with Crippen molar-refractivity contribution in [3.05, 3.63) is 119 Å². The predicted molar refractivity (Wildman–Crippen MR) is 149 cm³/mol. The number of hydrogen-bond donors (Lipinski definition) is 1. The summed E-state index contributed by atoms with van der Waals surface area (Å²) in [6.07, 6.45) is 0.328. The standard InChI is InChI=1S/C31H26F2N2O5S/c1-40-30(36)16-20-6-8-21(9-7-20)19-34-31(37)29-17-23-4-2-3-5-28(23)35(29)41(38,39)25-13-10-22(11-14-25)26-15-12-24(32)18-27(26)33/h2-15,18,29H,16-17,19H2,1H3,(H,34,37)/t29-/m0/s1. The summed E-state index contributed by atoms with van der Waals surface area (Å²) in [4.78, 5) is 24.8. The highest BCUT2D eigenvalue weighted by Gasteiger charge is 2.42. The van der Waals surface area contributed by atoms with E-state index >= 15 is 0 Å². The molecule has 1 amide bonds. The minimum atomic E-state index is -4.19. The van der Waals surface area contributed by atoms with Crippen molar-refractivity contribution < 1.29 is 31.5 Å². The highest BCUT2D eigenvalue weighted by Crippen LogP contribution is 2.37. The molecule has 41 heavy (non-hydrogen) atoms. The molecule has 0 aromatic heterocycles. The van der Waals surface area contributed by atoms with Gasteiger partial charge in [-0.15, -0.1) is 0 Å². The van der Waals surface area contributed by atoms with E-state index in [1.165, 1.54) is 37.4 Å². The smallest absolute Gasteiger partial charge is 0.309 e. The molecular weight excluding hydrogens is 550 g/mol. The summed E-state index contributed by atoms with van der Waals surface area (Å²) >= 11 is 0. The lowest BCUT2D eigenvalue weighted by Gasteiger charge is -2.26. The van der Waals surface area contributed by atoms with Crippen LogP contribution >= 0.6 is 0 Å². The molecule has 0 fully saturated rings. The van der Waals surface area contributed by atoms with Crippen LogP contribution in [-0.4, -0.2) is 33.4 Å². The van der Waals surface area contributed by atoms with Gasteiger partial charge in [-0.25, -0.2) is 17.2 Å². The summed E-state index contributed by atoms with van der Waals surface area (Å²) in [5.74, 6) is -2.29. The van der Waals surface area contributed by atoms with Crippen molar-refractivity contribution in [2.75, 3.05) is 11.4 Å². The number of rotatable bonds is 8. The predicted octanol–water partition coefficient (Wildman–Crippen LogP) is 4.78. The molecule has 0 saturated heterocycles. The van der Waals surface area contributed by atoms with E-state index < -0.39 is 33.6 Å². The number of sulfonamides is 1. The Balaban J connectivity index is 1.37. The molecule has 1 N–H and O–H groups in total. The molecule has 1 aliphatic rings. The fourth-order valence-corrected chi connectivity index (χ4v) is 6.47. The van der Waals surface area contributed by atoms with E-state index in [1.807, 2.05) is 0 Å². The zero-order valence-corrected chi connectivity index (χ0v) is 22.8. The van der Waals surface area contributed by atoms with Crippen molar-refractivity contribution in [1.29, 1.82) is 0 Å². The Morgan fingerprint density at radius 2 is 1.61 bits per heavy atom. The van der Waals surface area contributed by atoms with Crippen LogP contribution in [-0.2, 0) is 43.7 Å². The number of nitrogens with one attached hydrogen (secondary N) is 1. The van der Waals surface area contributed by atoms with Crippen LogP contribution in [0.5, 0.6) is 0 Å². The van der Waals surface area contributed by atoms with Gasteiger partial charge < -0.3 is 10.1 Å². The van der Waals surface area contributed by atoms with Crippen LogP contribution in [0.2, 0.25) is 0 Å². The number of carbonyl (C=O) groups is 2. The van der Waals surface area contributed by atoms with Crippen LogP contribution in [0.25, 0.3) is 11.1 Å². The summed E-state index contributed by atoms with van der Waals surface area (Å²) in [7, 11) is -2.87. The van der Waals surface area contributed by atoms with Gasteiger partial charge in [-0.1, -0.05) is 54.6 Å². The van der Waals surface area contributed by atoms with E-state index in [0.717, 1.165) is 27.6 Å². The third-order valence-electron chi connectivity index (χ3n) is 6.95. The monoisotopic (exact) mass is 576 g/mol. The summed E-state index contributed by atoms with van der Waals surface area (Å²) < 4.78 is 61.2. The molecule has 0 saturated carbocycles. The Morgan fingerprint density at radius 1 is 0.927 bits per heavy atom. The van der Waals surface area contributed by atoms with E-state index in [0.29, 0.717) is 16.8 Å². The van der Waals surface area contributed by atoms with Crippen molar-refractivity contribution >= 4 is 27.6 Å². The fourth-order valence-electron chi connectivity index (χ4n) is 4.82. The third kappa shape index (κ3) is 5.83. The van der Waals surface area contributed by atoms with Crippen molar-refractivity contribution in [3.8, 4) is 11.1 Å². The molecule has 4 aromatic rings. The Kier molecular flexibility index (Phi) is 7.85. The first-order valence-corrected chi connectivity index (χ1v) is 14.2. The Hall–Kier alpha value is -4.57. The van der Waals surface area contributed by atoms with Gasteiger partial charge in [0, 0.05) is 24.6 Å². The quantitative estimate of drug-likeness (QED) is 0.305. The normalized spacial score (nSPS) is 14.4. The summed E-state index contributed by atoms with van der Waals surface area (Å²) in [6, 6.07) is 21.8. The topological polar surface area (TPSA) is 92.8 Å². The summed E-state index contributed by atoms with van der Waals surface area (Å²) in [6.45, 7) is 0.163. The number of nitrogens with zero attached hydrogens (tertiary/aromatic N) is 1. The second kappa shape index (κ2) is 11.5. The first-order valence-electron chi connectivity index (χ1n) is 12.8. The minimum absolute atomic E-state index is 0.0699. The van der Waals surface area contributed by atoms with Crippen LogP contribution in [0.15, 0.2) is 95.9 Å². The highest BCUT2D eigenvalue weighted by molar-refractivity contribution is 7.93. The van der Waals surface area contributed by atoms with Gasteiger partial charge in [0.05, 0.1) is 24.1 Å². The molecule has 210 valence electrons. The molecule has 0 bridgehead atoms. The van der Waals surface area contributed by atoms with Gasteiger partial charge in [0.1, 0.15) is 17.7 Å².